The molecule has 1 fully saturated rings. The third-order valence-electron chi connectivity index (χ3n) is 6.03. The van der Waals surface area contributed by atoms with Gasteiger partial charge in [0.2, 0.25) is 5.78 Å². The Morgan fingerprint density at radius 3 is 2.74 bits per heavy atom. The second-order valence-electron chi connectivity index (χ2n) is 7.98. The van der Waals surface area contributed by atoms with Crippen LogP contribution in [0.5, 0.6) is 5.75 Å². The molecule has 0 aromatic heterocycles. The van der Waals surface area contributed by atoms with Gasteiger partial charge in [0, 0.05) is 26.3 Å². The lowest BCUT2D eigenvalue weighted by molar-refractivity contribution is -0.153. The van der Waals surface area contributed by atoms with Crippen LogP contribution in [0.1, 0.15) is 22.7 Å². The van der Waals surface area contributed by atoms with Gasteiger partial charge in [0.1, 0.15) is 6.61 Å². The Morgan fingerprint density at radius 2 is 2.00 bits per heavy atom. The lowest BCUT2D eigenvalue weighted by Gasteiger charge is -2.47. The van der Waals surface area contributed by atoms with Gasteiger partial charge in [0.15, 0.2) is 23.0 Å². The lowest BCUT2D eigenvalue weighted by Crippen LogP contribution is -2.58. The molecule has 0 saturated carbocycles. The summed E-state index contributed by atoms with van der Waals surface area (Å²) in [6, 6.07) is 11.7. The monoisotopic (exact) mass is 467 g/mol. The Kier molecular flexibility index (Phi) is 6.67. The average molecular weight is 467 g/mol. The van der Waals surface area contributed by atoms with Crippen LogP contribution < -0.4 is 4.74 Å². The molecule has 0 radical (unpaired) electrons. The average Bonchev–Trinajstić information content (AvgIpc) is 3.01. The van der Waals surface area contributed by atoms with Crippen molar-refractivity contribution < 1.29 is 28.6 Å². The first-order chi connectivity index (χ1) is 16.4. The number of methoxy groups -OCH3 is 1. The third-order valence-corrected chi connectivity index (χ3v) is 6.03. The summed E-state index contributed by atoms with van der Waals surface area (Å²) in [5.41, 5.74) is 2.07. The van der Waals surface area contributed by atoms with Gasteiger partial charge in [-0.05, 0) is 23.3 Å². The predicted octanol–water partition coefficient (Wildman–Crippen LogP) is 2.93. The molecule has 2 aromatic carbocycles. The number of fused-ring (bicyclic) bond motifs is 2. The first kappa shape index (κ1) is 23.5. The Hall–Kier alpha value is -3.69. The summed E-state index contributed by atoms with van der Waals surface area (Å²) in [6.45, 7) is 4.16. The molecule has 2 aliphatic heterocycles. The fraction of sp³-hybridized carbons (Fsp3) is 0.280. The molecule has 4 rings (SSSR count). The molecule has 2 aliphatic rings. The number of carbonyl (C=O) groups is 2. The van der Waals surface area contributed by atoms with Crippen molar-refractivity contribution in [1.82, 2.24) is 14.9 Å². The summed E-state index contributed by atoms with van der Waals surface area (Å²) in [6.07, 6.45) is 0.946. The molecule has 8 nitrogen and oxygen atoms in total. The van der Waals surface area contributed by atoms with E-state index in [0.717, 1.165) is 17.2 Å². The molecule has 1 unspecified atom stereocenters. The minimum absolute atomic E-state index is 0.104. The number of amides is 1. The number of halogens is 1. The van der Waals surface area contributed by atoms with E-state index in [4.69, 9.17) is 9.47 Å². The van der Waals surface area contributed by atoms with E-state index in [1.165, 1.54) is 23.1 Å². The number of benzene rings is 2. The number of hydrogen-bond donors (Lipinski definition) is 1. The van der Waals surface area contributed by atoms with E-state index in [2.05, 4.69) is 6.58 Å². The number of ether oxygens (including phenoxy) is 2. The van der Waals surface area contributed by atoms with Crippen molar-refractivity contribution in [1.29, 1.82) is 0 Å². The number of likely N-dealkylation sites (N-methyl/N-ethyl adjacent to an activating group) is 1. The summed E-state index contributed by atoms with van der Waals surface area (Å²) in [5, 5.41) is 13.9. The van der Waals surface area contributed by atoms with E-state index in [1.807, 2.05) is 24.3 Å². The number of carbonyl (C=O) groups excluding carboxylic acids is 2. The van der Waals surface area contributed by atoms with Gasteiger partial charge in [0.05, 0.1) is 19.3 Å². The molecule has 1 amide bonds. The van der Waals surface area contributed by atoms with Gasteiger partial charge in [-0.3, -0.25) is 14.6 Å². The van der Waals surface area contributed by atoms with E-state index >= 15 is 0 Å². The number of nitrogens with zero attached hydrogens (tertiary/aromatic N) is 3. The summed E-state index contributed by atoms with van der Waals surface area (Å²) in [5.74, 6) is -2.40. The van der Waals surface area contributed by atoms with Crippen molar-refractivity contribution >= 4 is 11.7 Å². The topological polar surface area (TPSA) is 82.5 Å². The highest BCUT2D eigenvalue weighted by atomic mass is 19.1. The molecule has 1 atom stereocenters. The number of allylic oxidation sites excluding steroid dienone is 1. The van der Waals surface area contributed by atoms with Crippen LogP contribution in [-0.4, -0.2) is 65.7 Å². The van der Waals surface area contributed by atoms with E-state index < -0.39 is 29.3 Å². The van der Waals surface area contributed by atoms with Crippen molar-refractivity contribution in [3.8, 4) is 5.75 Å². The molecule has 0 spiro atoms. The summed E-state index contributed by atoms with van der Waals surface area (Å²) >= 11 is 0. The van der Waals surface area contributed by atoms with E-state index in [1.54, 1.807) is 24.2 Å². The van der Waals surface area contributed by atoms with Gasteiger partial charge in [-0.1, -0.05) is 43.0 Å². The zero-order valence-electron chi connectivity index (χ0n) is 19.0. The van der Waals surface area contributed by atoms with E-state index in [-0.39, 0.29) is 37.9 Å². The molecule has 34 heavy (non-hydrogen) atoms. The molecule has 1 N–H and O–H groups in total. The third kappa shape index (κ3) is 4.04. The van der Waals surface area contributed by atoms with Crippen LogP contribution in [0.2, 0.25) is 0 Å². The summed E-state index contributed by atoms with van der Waals surface area (Å²) < 4.78 is 25.8. The van der Waals surface area contributed by atoms with Crippen LogP contribution in [-0.2, 0) is 20.9 Å². The Balaban J connectivity index is 1.91. The zero-order valence-corrected chi connectivity index (χ0v) is 19.0. The molecule has 1 saturated heterocycles. The maximum atomic E-state index is 14.8. The van der Waals surface area contributed by atoms with Crippen molar-refractivity contribution in [2.75, 3.05) is 34.0 Å². The zero-order chi connectivity index (χ0) is 24.4. The Labute approximate surface area is 197 Å². The van der Waals surface area contributed by atoms with Crippen molar-refractivity contribution in [3.63, 3.8) is 0 Å². The first-order valence-electron chi connectivity index (χ1n) is 10.8. The Bertz CT molecular complexity index is 1160. The molecule has 9 heteroatoms. The molecule has 2 heterocycles. The van der Waals surface area contributed by atoms with Crippen molar-refractivity contribution in [2.45, 2.75) is 12.6 Å². The van der Waals surface area contributed by atoms with E-state index in [9.17, 15) is 19.1 Å². The number of hydrogen-bond acceptors (Lipinski definition) is 7. The molecule has 178 valence electrons. The lowest BCUT2D eigenvalue weighted by atomic mass is 9.94. The second-order valence-corrected chi connectivity index (χ2v) is 7.98. The highest BCUT2D eigenvalue weighted by Crippen LogP contribution is 2.42. The molecule has 0 aliphatic carbocycles. The van der Waals surface area contributed by atoms with Crippen LogP contribution >= 0.6 is 0 Å². The van der Waals surface area contributed by atoms with Crippen LogP contribution in [0, 0.1) is 5.82 Å². The standard InChI is InChI=1S/C25H26FN3O5/c1-4-20(30)23(31)22-25(32)28(12-13-33-3)15-29(27(22)2)21-17-9-6-5-8-16(17)14-34-24-18(21)10-7-11-19(24)26/h4-11,21,31H,1,12-15H2,2-3H3/b23-22+. The predicted molar refractivity (Wildman–Crippen MR) is 122 cm³/mol. The second kappa shape index (κ2) is 9.66. The SMILES string of the molecule is C=CC(=O)/C(O)=C1/C(=O)N(CCOC)CN(C2c3ccccc3COc3c(F)cccc32)N1C. The fourth-order valence-corrected chi connectivity index (χ4v) is 4.31. The fourth-order valence-electron chi connectivity index (χ4n) is 4.31. The van der Waals surface area contributed by atoms with Gasteiger partial charge in [-0.15, -0.1) is 0 Å². The van der Waals surface area contributed by atoms with Crippen LogP contribution in [0.4, 0.5) is 4.39 Å². The minimum Gasteiger partial charge on any atom is -0.503 e. The number of para-hydroxylation sites is 1. The van der Waals surface area contributed by atoms with Gasteiger partial charge < -0.3 is 19.5 Å². The van der Waals surface area contributed by atoms with E-state index in [0.29, 0.717) is 5.56 Å². The largest absolute Gasteiger partial charge is 0.503 e. The molecule has 0 bridgehead atoms. The Morgan fingerprint density at radius 1 is 1.26 bits per heavy atom. The van der Waals surface area contributed by atoms with Crippen LogP contribution in [0.25, 0.3) is 0 Å². The highest BCUT2D eigenvalue weighted by molar-refractivity contribution is 6.08. The van der Waals surface area contributed by atoms with Crippen LogP contribution in [0.15, 0.2) is 66.6 Å². The van der Waals surface area contributed by atoms with Gasteiger partial charge in [0.25, 0.3) is 5.91 Å². The quantitative estimate of drug-likeness (QED) is 0.517. The first-order valence-corrected chi connectivity index (χ1v) is 10.8. The normalized spacial score (nSPS) is 19.6. The summed E-state index contributed by atoms with van der Waals surface area (Å²) in [4.78, 5) is 27.0. The molecule has 2 aromatic rings. The molecular formula is C25H26FN3O5. The number of aliphatic hydroxyl groups excluding tert-OH is 1. The maximum absolute atomic E-state index is 14.8. The summed E-state index contributed by atoms with van der Waals surface area (Å²) in [7, 11) is 3.10. The van der Waals surface area contributed by atoms with Crippen molar-refractivity contribution in [3.05, 3.63) is 89.1 Å². The number of ketones is 1. The van der Waals surface area contributed by atoms with Gasteiger partial charge in [-0.2, -0.15) is 5.01 Å². The smallest absolute Gasteiger partial charge is 0.276 e. The van der Waals surface area contributed by atoms with Gasteiger partial charge in [-0.25, -0.2) is 4.39 Å². The number of hydrazine groups is 1. The van der Waals surface area contributed by atoms with Gasteiger partial charge >= 0.3 is 0 Å². The minimum atomic E-state index is -0.778. The maximum Gasteiger partial charge on any atom is 0.276 e. The van der Waals surface area contributed by atoms with Crippen LogP contribution in [0.3, 0.4) is 0 Å². The number of rotatable bonds is 6. The number of aliphatic hydroxyl groups is 1. The molecular weight excluding hydrogens is 441 g/mol. The highest BCUT2D eigenvalue weighted by Gasteiger charge is 2.42. The van der Waals surface area contributed by atoms with Crippen molar-refractivity contribution in [2.24, 2.45) is 0 Å².